The Hall–Kier alpha value is -3.47. The van der Waals surface area contributed by atoms with Crippen LogP contribution >= 0.6 is 0 Å². The van der Waals surface area contributed by atoms with Crippen molar-refractivity contribution in [2.24, 2.45) is 0 Å². The lowest BCUT2D eigenvalue weighted by molar-refractivity contribution is -0.431. The number of hydrogen-bond donors (Lipinski definition) is 2. The van der Waals surface area contributed by atoms with Gasteiger partial charge in [0.25, 0.3) is 11.4 Å². The molecule has 1 aromatic carbocycles. The predicted octanol–water partition coefficient (Wildman–Crippen LogP) is 3.73. The molecule has 0 amide bonds. The van der Waals surface area contributed by atoms with E-state index in [0.717, 1.165) is 12.8 Å². The summed E-state index contributed by atoms with van der Waals surface area (Å²) >= 11 is 0. The third-order valence-electron chi connectivity index (χ3n) is 4.74. The van der Waals surface area contributed by atoms with Gasteiger partial charge in [-0.25, -0.2) is 4.79 Å². The van der Waals surface area contributed by atoms with E-state index in [9.17, 15) is 25.0 Å². The Morgan fingerprint density at radius 2 is 1.81 bits per heavy atom. The smallest absolute Gasteiger partial charge is 0.434 e. The van der Waals surface area contributed by atoms with Crippen LogP contribution < -0.4 is 5.32 Å². The first-order valence-corrected chi connectivity index (χ1v) is 9.79. The van der Waals surface area contributed by atoms with Crippen LogP contribution in [0.1, 0.15) is 51.0 Å². The van der Waals surface area contributed by atoms with Crippen LogP contribution in [0, 0.1) is 20.2 Å². The predicted molar refractivity (Wildman–Crippen MR) is 109 cm³/mol. The number of nitrogens with zero attached hydrogens (tertiary/aromatic N) is 2. The summed E-state index contributed by atoms with van der Waals surface area (Å²) in [6.07, 6.45) is 1.80. The van der Waals surface area contributed by atoms with E-state index in [1.54, 1.807) is 6.92 Å². The van der Waals surface area contributed by atoms with Gasteiger partial charge in [-0.05, 0) is 38.7 Å². The molecular formula is C20H25N3O8. The molecule has 0 aromatic heterocycles. The minimum absolute atomic E-state index is 0.0527. The SMILES string of the molecule is CC1=C(OC(=O)OCCCCCCO)C(c2cccc([N+](=O)[O-])c2)C([N+](=O)[O-])=C(C)N1. The number of aliphatic hydroxyl groups is 1. The highest BCUT2D eigenvalue weighted by Crippen LogP contribution is 2.39. The Labute approximate surface area is 178 Å². The summed E-state index contributed by atoms with van der Waals surface area (Å²) in [5.74, 6) is -1.18. The molecule has 11 nitrogen and oxygen atoms in total. The fourth-order valence-electron chi connectivity index (χ4n) is 3.31. The van der Waals surface area contributed by atoms with E-state index in [2.05, 4.69) is 5.32 Å². The van der Waals surface area contributed by atoms with E-state index in [0.29, 0.717) is 18.5 Å². The lowest BCUT2D eigenvalue weighted by Crippen LogP contribution is -2.30. The topological polar surface area (TPSA) is 154 Å². The summed E-state index contributed by atoms with van der Waals surface area (Å²) in [6.45, 7) is 3.30. The van der Waals surface area contributed by atoms with Crippen molar-refractivity contribution in [1.82, 2.24) is 5.32 Å². The maximum absolute atomic E-state index is 12.2. The van der Waals surface area contributed by atoms with Crippen molar-refractivity contribution in [1.29, 1.82) is 0 Å². The number of allylic oxidation sites excluding steroid dienone is 2. The molecule has 0 radical (unpaired) electrons. The summed E-state index contributed by atoms with van der Waals surface area (Å²) in [7, 11) is 0. The molecule has 2 rings (SSSR count). The van der Waals surface area contributed by atoms with Crippen LogP contribution in [0.5, 0.6) is 0 Å². The molecule has 1 aliphatic heterocycles. The molecule has 11 heteroatoms. The fraction of sp³-hybridized carbons (Fsp3) is 0.450. The van der Waals surface area contributed by atoms with Crippen molar-refractivity contribution in [2.75, 3.05) is 13.2 Å². The number of nitro benzene ring substituents is 1. The Kier molecular flexibility index (Phi) is 8.50. The minimum atomic E-state index is -1.13. The van der Waals surface area contributed by atoms with Crippen molar-refractivity contribution in [3.8, 4) is 0 Å². The van der Waals surface area contributed by atoms with E-state index in [4.69, 9.17) is 14.6 Å². The van der Waals surface area contributed by atoms with Gasteiger partial charge >= 0.3 is 6.16 Å². The zero-order valence-corrected chi connectivity index (χ0v) is 17.3. The molecule has 1 aliphatic rings. The summed E-state index contributed by atoms with van der Waals surface area (Å²) in [5.41, 5.74) is 0.327. The van der Waals surface area contributed by atoms with Crippen molar-refractivity contribution in [2.45, 2.75) is 45.4 Å². The molecule has 31 heavy (non-hydrogen) atoms. The van der Waals surface area contributed by atoms with Crippen LogP contribution in [0.3, 0.4) is 0 Å². The Morgan fingerprint density at radius 1 is 1.10 bits per heavy atom. The molecule has 0 bridgehead atoms. The number of aliphatic hydroxyl groups excluding tert-OH is 1. The van der Waals surface area contributed by atoms with E-state index in [-0.39, 0.29) is 41.6 Å². The monoisotopic (exact) mass is 435 g/mol. The van der Waals surface area contributed by atoms with Gasteiger partial charge in [-0.1, -0.05) is 18.6 Å². The van der Waals surface area contributed by atoms with Crippen molar-refractivity contribution < 1.29 is 29.2 Å². The molecule has 0 saturated heterocycles. The number of nitrogens with one attached hydrogen (secondary N) is 1. The molecular weight excluding hydrogens is 410 g/mol. The van der Waals surface area contributed by atoms with E-state index < -0.39 is 21.9 Å². The van der Waals surface area contributed by atoms with Gasteiger partial charge in [-0.2, -0.15) is 0 Å². The second-order valence-electron chi connectivity index (χ2n) is 7.01. The number of carbonyl (C=O) groups excluding carboxylic acids is 1. The summed E-state index contributed by atoms with van der Waals surface area (Å²) in [6, 6.07) is 5.41. The number of ether oxygens (including phenoxy) is 2. The second kappa shape index (κ2) is 11.1. The third kappa shape index (κ3) is 6.25. The van der Waals surface area contributed by atoms with Gasteiger partial charge in [-0.3, -0.25) is 20.2 Å². The number of hydrogen-bond acceptors (Lipinski definition) is 9. The number of dihydropyridines is 1. The normalized spacial score (nSPS) is 16.0. The van der Waals surface area contributed by atoms with Gasteiger partial charge < -0.3 is 19.9 Å². The molecule has 2 N–H and O–H groups in total. The molecule has 1 atom stereocenters. The first kappa shape index (κ1) is 23.8. The summed E-state index contributed by atoms with van der Waals surface area (Å²) in [4.78, 5) is 33.9. The minimum Gasteiger partial charge on any atom is -0.434 e. The number of non-ortho nitro benzene ring substituents is 1. The number of rotatable bonds is 10. The third-order valence-corrected chi connectivity index (χ3v) is 4.74. The zero-order valence-electron chi connectivity index (χ0n) is 17.3. The largest absolute Gasteiger partial charge is 0.513 e. The number of carbonyl (C=O) groups is 1. The first-order chi connectivity index (χ1) is 14.8. The van der Waals surface area contributed by atoms with Gasteiger partial charge in [0.2, 0.25) is 0 Å². The second-order valence-corrected chi connectivity index (χ2v) is 7.01. The maximum atomic E-state index is 12.2. The molecule has 0 aliphatic carbocycles. The van der Waals surface area contributed by atoms with Gasteiger partial charge in [0.15, 0.2) is 0 Å². The number of unbranched alkanes of at least 4 members (excludes halogenated alkanes) is 3. The molecule has 0 fully saturated rings. The van der Waals surface area contributed by atoms with Crippen LogP contribution in [-0.2, 0) is 9.47 Å². The van der Waals surface area contributed by atoms with Crippen LogP contribution in [0.15, 0.2) is 47.1 Å². The summed E-state index contributed by atoms with van der Waals surface area (Å²) < 4.78 is 10.4. The molecule has 0 spiro atoms. The van der Waals surface area contributed by atoms with Gasteiger partial charge in [-0.15, -0.1) is 0 Å². The maximum Gasteiger partial charge on any atom is 0.513 e. The lowest BCUT2D eigenvalue weighted by Gasteiger charge is -2.26. The van der Waals surface area contributed by atoms with E-state index in [1.165, 1.54) is 31.2 Å². The van der Waals surface area contributed by atoms with Gasteiger partial charge in [0.05, 0.1) is 27.8 Å². The quantitative estimate of drug-likeness (QED) is 0.242. The van der Waals surface area contributed by atoms with E-state index >= 15 is 0 Å². The van der Waals surface area contributed by atoms with Crippen LogP contribution in [-0.4, -0.2) is 34.3 Å². The van der Waals surface area contributed by atoms with Crippen LogP contribution in [0.4, 0.5) is 10.5 Å². The van der Waals surface area contributed by atoms with Crippen molar-refractivity contribution >= 4 is 11.8 Å². The molecule has 168 valence electrons. The van der Waals surface area contributed by atoms with Crippen LogP contribution in [0.25, 0.3) is 0 Å². The first-order valence-electron chi connectivity index (χ1n) is 9.79. The average molecular weight is 435 g/mol. The van der Waals surface area contributed by atoms with Gasteiger partial charge in [0.1, 0.15) is 11.7 Å². The zero-order chi connectivity index (χ0) is 23.0. The lowest BCUT2D eigenvalue weighted by atomic mass is 9.89. The van der Waals surface area contributed by atoms with Crippen molar-refractivity contribution in [3.05, 3.63) is 72.9 Å². The molecule has 1 aromatic rings. The van der Waals surface area contributed by atoms with Crippen LogP contribution in [0.2, 0.25) is 0 Å². The Balaban J connectivity index is 2.26. The average Bonchev–Trinajstić information content (AvgIpc) is 2.72. The van der Waals surface area contributed by atoms with E-state index in [1.807, 2.05) is 0 Å². The standard InChI is InChI=1S/C20H25N3O8/c1-13-18(23(28)29)17(15-8-7-9-16(12-15)22(26)27)19(14(2)21-13)31-20(25)30-11-6-4-3-5-10-24/h7-9,12,17,21,24H,3-6,10-11H2,1-2H3. The fourth-order valence-corrected chi connectivity index (χ4v) is 3.31. The highest BCUT2D eigenvalue weighted by atomic mass is 16.7. The molecule has 1 heterocycles. The Morgan fingerprint density at radius 3 is 2.45 bits per heavy atom. The number of benzene rings is 1. The van der Waals surface area contributed by atoms with Crippen molar-refractivity contribution in [3.63, 3.8) is 0 Å². The summed E-state index contributed by atoms with van der Waals surface area (Å²) in [5, 5.41) is 34.5. The molecule has 1 unspecified atom stereocenters. The number of nitro groups is 2. The highest BCUT2D eigenvalue weighted by Gasteiger charge is 2.40. The Bertz CT molecular complexity index is 909. The molecule has 0 saturated carbocycles. The van der Waals surface area contributed by atoms with Gasteiger partial charge in [0, 0.05) is 18.7 Å². The highest BCUT2D eigenvalue weighted by molar-refractivity contribution is 5.63.